The largest absolute Gasteiger partial charge is 0.388 e. The second-order valence-corrected chi connectivity index (χ2v) is 4.65. The number of nitrogens with zero attached hydrogens (tertiary/aromatic N) is 3. The lowest BCUT2D eigenvalue weighted by Crippen LogP contribution is -2.27. The molecule has 3 atom stereocenters. The van der Waals surface area contributed by atoms with Crippen LogP contribution in [0.5, 0.6) is 0 Å². The Morgan fingerprint density at radius 3 is 3.00 bits per heavy atom. The Labute approximate surface area is 90.3 Å². The van der Waals surface area contributed by atoms with Crippen LogP contribution in [-0.2, 0) is 6.61 Å². The Bertz CT molecular complexity index is 323. The van der Waals surface area contributed by atoms with Crippen LogP contribution in [0, 0.1) is 11.8 Å². The highest BCUT2D eigenvalue weighted by atomic mass is 16.3. The van der Waals surface area contributed by atoms with Crippen LogP contribution in [0.2, 0.25) is 0 Å². The van der Waals surface area contributed by atoms with E-state index in [2.05, 4.69) is 28.6 Å². The topological polar surface area (TPSA) is 50.9 Å². The van der Waals surface area contributed by atoms with E-state index in [4.69, 9.17) is 5.11 Å². The summed E-state index contributed by atoms with van der Waals surface area (Å²) < 4.78 is 2.06. The van der Waals surface area contributed by atoms with Crippen molar-refractivity contribution in [3.63, 3.8) is 0 Å². The third kappa shape index (κ3) is 1.91. The molecule has 1 aromatic rings. The van der Waals surface area contributed by atoms with Gasteiger partial charge >= 0.3 is 0 Å². The van der Waals surface area contributed by atoms with Crippen LogP contribution in [0.1, 0.15) is 45.0 Å². The average molecular weight is 209 g/mol. The van der Waals surface area contributed by atoms with Crippen molar-refractivity contribution in [1.29, 1.82) is 0 Å². The minimum absolute atomic E-state index is 0.0163. The number of hydrogen-bond donors (Lipinski definition) is 1. The molecule has 0 bridgehead atoms. The van der Waals surface area contributed by atoms with Crippen LogP contribution in [0.15, 0.2) is 6.33 Å². The summed E-state index contributed by atoms with van der Waals surface area (Å²) in [5, 5.41) is 17.0. The number of rotatable bonds is 2. The van der Waals surface area contributed by atoms with Gasteiger partial charge in [0.1, 0.15) is 12.9 Å². The first kappa shape index (κ1) is 10.6. The van der Waals surface area contributed by atoms with Crippen molar-refractivity contribution in [2.24, 2.45) is 11.8 Å². The first-order chi connectivity index (χ1) is 7.24. The molecule has 0 aliphatic heterocycles. The van der Waals surface area contributed by atoms with Gasteiger partial charge in [-0.2, -0.15) is 0 Å². The molecule has 15 heavy (non-hydrogen) atoms. The molecule has 4 heteroatoms. The first-order valence-corrected chi connectivity index (χ1v) is 5.73. The quantitative estimate of drug-likeness (QED) is 0.807. The SMILES string of the molecule is CC1CCCC(n2cnnc2CO)C1C. The van der Waals surface area contributed by atoms with Crippen molar-refractivity contribution in [3.05, 3.63) is 12.2 Å². The van der Waals surface area contributed by atoms with Crippen molar-refractivity contribution < 1.29 is 5.11 Å². The highest BCUT2D eigenvalue weighted by molar-refractivity contribution is 4.91. The molecule has 1 aliphatic rings. The predicted octanol–water partition coefficient (Wildman–Crippen LogP) is 1.77. The molecule has 1 saturated carbocycles. The molecule has 4 nitrogen and oxygen atoms in total. The molecule has 0 saturated heterocycles. The Morgan fingerprint density at radius 1 is 1.47 bits per heavy atom. The highest BCUT2D eigenvalue weighted by Crippen LogP contribution is 2.37. The lowest BCUT2D eigenvalue weighted by Gasteiger charge is -2.35. The van der Waals surface area contributed by atoms with E-state index in [1.165, 1.54) is 19.3 Å². The predicted molar refractivity (Wildman–Crippen MR) is 57.2 cm³/mol. The maximum Gasteiger partial charge on any atom is 0.158 e. The van der Waals surface area contributed by atoms with Crippen molar-refractivity contribution in [3.8, 4) is 0 Å². The van der Waals surface area contributed by atoms with Crippen molar-refractivity contribution >= 4 is 0 Å². The Balaban J connectivity index is 2.22. The third-order valence-corrected chi connectivity index (χ3v) is 3.81. The van der Waals surface area contributed by atoms with Crippen LogP contribution < -0.4 is 0 Å². The molecule has 1 heterocycles. The fourth-order valence-corrected chi connectivity index (χ4v) is 2.60. The van der Waals surface area contributed by atoms with E-state index in [1.807, 2.05) is 0 Å². The second-order valence-electron chi connectivity index (χ2n) is 4.65. The van der Waals surface area contributed by atoms with Gasteiger partial charge in [0.15, 0.2) is 5.82 Å². The van der Waals surface area contributed by atoms with E-state index in [0.717, 1.165) is 5.92 Å². The summed E-state index contributed by atoms with van der Waals surface area (Å²) in [6.07, 6.45) is 5.51. The zero-order valence-electron chi connectivity index (χ0n) is 9.43. The van der Waals surface area contributed by atoms with Gasteiger partial charge in [-0.1, -0.05) is 26.7 Å². The van der Waals surface area contributed by atoms with Gasteiger partial charge in [-0.05, 0) is 18.3 Å². The monoisotopic (exact) mass is 209 g/mol. The molecule has 3 unspecified atom stereocenters. The Kier molecular flexibility index (Phi) is 3.05. The maximum absolute atomic E-state index is 9.17. The Hall–Kier alpha value is -0.900. The van der Waals surface area contributed by atoms with E-state index in [1.54, 1.807) is 6.33 Å². The van der Waals surface area contributed by atoms with E-state index < -0.39 is 0 Å². The van der Waals surface area contributed by atoms with Crippen molar-refractivity contribution in [1.82, 2.24) is 14.8 Å². The molecular weight excluding hydrogens is 190 g/mol. The highest BCUT2D eigenvalue weighted by Gasteiger charge is 2.29. The van der Waals surface area contributed by atoms with E-state index in [-0.39, 0.29) is 6.61 Å². The summed E-state index contributed by atoms with van der Waals surface area (Å²) in [6.45, 7) is 4.58. The van der Waals surface area contributed by atoms with Gasteiger partial charge in [-0.25, -0.2) is 0 Å². The van der Waals surface area contributed by atoms with E-state index >= 15 is 0 Å². The van der Waals surface area contributed by atoms with Crippen LogP contribution in [0.25, 0.3) is 0 Å². The average Bonchev–Trinajstić information content (AvgIpc) is 2.70. The van der Waals surface area contributed by atoms with Gasteiger partial charge in [0.2, 0.25) is 0 Å². The molecular formula is C11H19N3O. The normalized spacial score (nSPS) is 31.8. The number of hydrogen-bond acceptors (Lipinski definition) is 3. The first-order valence-electron chi connectivity index (χ1n) is 5.73. The Morgan fingerprint density at radius 2 is 2.27 bits per heavy atom. The van der Waals surface area contributed by atoms with Crippen molar-refractivity contribution in [2.45, 2.75) is 45.8 Å². The summed E-state index contributed by atoms with van der Waals surface area (Å²) in [5.41, 5.74) is 0. The second kappa shape index (κ2) is 4.31. The minimum atomic E-state index is -0.0163. The molecule has 1 aliphatic carbocycles. The standard InChI is InChI=1S/C11H19N3O/c1-8-4-3-5-10(9(8)2)14-7-12-13-11(14)6-15/h7-10,15H,3-6H2,1-2H3. The fourth-order valence-electron chi connectivity index (χ4n) is 2.60. The number of aliphatic hydroxyl groups excluding tert-OH is 1. The maximum atomic E-state index is 9.17. The number of aromatic nitrogens is 3. The number of aliphatic hydroxyl groups is 1. The summed E-state index contributed by atoms with van der Waals surface area (Å²) in [7, 11) is 0. The van der Waals surface area contributed by atoms with Crippen LogP contribution in [0.3, 0.4) is 0 Å². The molecule has 0 amide bonds. The lowest BCUT2D eigenvalue weighted by atomic mass is 9.78. The van der Waals surface area contributed by atoms with Crippen molar-refractivity contribution in [2.75, 3.05) is 0 Å². The molecule has 0 radical (unpaired) electrons. The molecule has 1 N–H and O–H groups in total. The van der Waals surface area contributed by atoms with Crippen LogP contribution >= 0.6 is 0 Å². The zero-order chi connectivity index (χ0) is 10.8. The van der Waals surface area contributed by atoms with Gasteiger partial charge in [0, 0.05) is 6.04 Å². The van der Waals surface area contributed by atoms with Gasteiger partial charge in [-0.15, -0.1) is 10.2 Å². The summed E-state index contributed by atoms with van der Waals surface area (Å²) in [5.74, 6) is 2.08. The summed E-state index contributed by atoms with van der Waals surface area (Å²) >= 11 is 0. The minimum Gasteiger partial charge on any atom is -0.388 e. The molecule has 1 fully saturated rings. The summed E-state index contributed by atoms with van der Waals surface area (Å²) in [4.78, 5) is 0. The summed E-state index contributed by atoms with van der Waals surface area (Å²) in [6, 6.07) is 0.464. The van der Waals surface area contributed by atoms with Gasteiger partial charge in [0.25, 0.3) is 0 Å². The van der Waals surface area contributed by atoms with E-state index in [9.17, 15) is 0 Å². The zero-order valence-corrected chi connectivity index (χ0v) is 9.43. The van der Waals surface area contributed by atoms with E-state index in [0.29, 0.717) is 17.8 Å². The van der Waals surface area contributed by atoms with Gasteiger partial charge in [0.05, 0.1) is 0 Å². The molecule has 0 spiro atoms. The fraction of sp³-hybridized carbons (Fsp3) is 0.818. The third-order valence-electron chi connectivity index (χ3n) is 3.81. The molecule has 84 valence electrons. The van der Waals surface area contributed by atoms with Crippen LogP contribution in [-0.4, -0.2) is 19.9 Å². The van der Waals surface area contributed by atoms with Gasteiger partial charge in [-0.3, -0.25) is 0 Å². The van der Waals surface area contributed by atoms with Crippen LogP contribution in [0.4, 0.5) is 0 Å². The van der Waals surface area contributed by atoms with Gasteiger partial charge < -0.3 is 9.67 Å². The smallest absolute Gasteiger partial charge is 0.158 e. The molecule has 1 aromatic heterocycles. The molecule has 0 aromatic carbocycles. The molecule has 2 rings (SSSR count). The lowest BCUT2D eigenvalue weighted by molar-refractivity contribution is 0.173.